The summed E-state index contributed by atoms with van der Waals surface area (Å²) < 4.78 is 5.17. The molecule has 2 aromatic rings. The van der Waals surface area contributed by atoms with Gasteiger partial charge in [0.1, 0.15) is 17.4 Å². The van der Waals surface area contributed by atoms with E-state index in [0.29, 0.717) is 11.6 Å². The number of methoxy groups -OCH3 is 1. The predicted molar refractivity (Wildman–Crippen MR) is 69.8 cm³/mol. The Morgan fingerprint density at radius 1 is 1.06 bits per heavy atom. The van der Waals surface area contributed by atoms with E-state index in [9.17, 15) is 0 Å². The second-order valence-electron chi connectivity index (χ2n) is 3.85. The molecule has 0 saturated heterocycles. The third-order valence-corrected chi connectivity index (χ3v) is 2.67. The van der Waals surface area contributed by atoms with Crippen LogP contribution in [-0.2, 0) is 0 Å². The van der Waals surface area contributed by atoms with Crippen molar-refractivity contribution in [3.63, 3.8) is 0 Å². The molecule has 88 valence electrons. The maximum absolute atomic E-state index is 5.87. The normalized spacial score (nSPS) is 10.2. The van der Waals surface area contributed by atoms with E-state index < -0.39 is 0 Å². The number of aromatic nitrogens is 1. The zero-order chi connectivity index (χ0) is 12.4. The number of aryl methyl sites for hydroxylation is 1. The van der Waals surface area contributed by atoms with Gasteiger partial charge in [-0.3, -0.25) is 0 Å². The summed E-state index contributed by atoms with van der Waals surface area (Å²) in [7, 11) is 1.65. The monoisotopic (exact) mass is 229 g/mol. The van der Waals surface area contributed by atoms with Gasteiger partial charge in [-0.05, 0) is 42.3 Å². The zero-order valence-corrected chi connectivity index (χ0v) is 9.90. The van der Waals surface area contributed by atoms with Crippen molar-refractivity contribution >= 4 is 11.6 Å². The van der Waals surface area contributed by atoms with E-state index in [1.165, 1.54) is 0 Å². The van der Waals surface area contributed by atoms with E-state index in [4.69, 9.17) is 16.2 Å². The van der Waals surface area contributed by atoms with Crippen LogP contribution < -0.4 is 16.2 Å². The van der Waals surface area contributed by atoms with Gasteiger partial charge in [0.2, 0.25) is 0 Å². The Morgan fingerprint density at radius 2 is 1.76 bits per heavy atom. The number of hydrogen-bond acceptors (Lipinski definition) is 4. The fourth-order valence-corrected chi connectivity index (χ4v) is 1.78. The lowest BCUT2D eigenvalue weighted by molar-refractivity contribution is 0.414. The molecule has 0 spiro atoms. The van der Waals surface area contributed by atoms with Gasteiger partial charge in [0.15, 0.2) is 0 Å². The third-order valence-electron chi connectivity index (χ3n) is 2.67. The average Bonchev–Trinajstić information content (AvgIpc) is 2.30. The number of pyridine rings is 1. The van der Waals surface area contributed by atoms with Crippen molar-refractivity contribution in [1.82, 2.24) is 4.98 Å². The van der Waals surface area contributed by atoms with Crippen molar-refractivity contribution in [2.24, 2.45) is 0 Å². The van der Waals surface area contributed by atoms with E-state index in [1.54, 1.807) is 13.2 Å². The molecule has 0 amide bonds. The summed E-state index contributed by atoms with van der Waals surface area (Å²) in [5.74, 6) is 1.70. The molecular formula is C13H15N3O. The molecule has 2 rings (SSSR count). The van der Waals surface area contributed by atoms with Crippen LogP contribution in [0.5, 0.6) is 5.75 Å². The first-order valence-electron chi connectivity index (χ1n) is 5.29. The fourth-order valence-electron chi connectivity index (χ4n) is 1.78. The van der Waals surface area contributed by atoms with E-state index >= 15 is 0 Å². The van der Waals surface area contributed by atoms with Gasteiger partial charge < -0.3 is 16.2 Å². The number of benzene rings is 1. The Kier molecular flexibility index (Phi) is 2.87. The quantitative estimate of drug-likeness (QED) is 0.828. The smallest absolute Gasteiger partial charge is 0.133 e. The Bertz CT molecular complexity index is 552. The highest BCUT2D eigenvalue weighted by atomic mass is 16.5. The summed E-state index contributed by atoms with van der Waals surface area (Å²) in [6, 6.07) is 9.46. The summed E-state index contributed by atoms with van der Waals surface area (Å²) in [5, 5.41) is 0. The van der Waals surface area contributed by atoms with Crippen molar-refractivity contribution < 1.29 is 4.74 Å². The van der Waals surface area contributed by atoms with Crippen LogP contribution in [0.4, 0.5) is 11.6 Å². The van der Waals surface area contributed by atoms with E-state index in [-0.39, 0.29) is 0 Å². The summed E-state index contributed by atoms with van der Waals surface area (Å²) in [6.45, 7) is 2.01. The highest BCUT2D eigenvalue weighted by Gasteiger charge is 2.07. The molecule has 4 N–H and O–H groups in total. The number of nitrogens with two attached hydrogens (primary N) is 2. The molecule has 0 aliphatic carbocycles. The minimum atomic E-state index is 0.428. The first-order valence-corrected chi connectivity index (χ1v) is 5.29. The zero-order valence-electron chi connectivity index (χ0n) is 9.90. The SMILES string of the molecule is COc1ccc(-c2ccc(N)nc2N)c(C)c1. The van der Waals surface area contributed by atoms with Crippen molar-refractivity contribution in [3.05, 3.63) is 35.9 Å². The molecule has 1 aromatic carbocycles. The lowest BCUT2D eigenvalue weighted by atomic mass is 10.0. The van der Waals surface area contributed by atoms with Gasteiger partial charge in [0.05, 0.1) is 7.11 Å². The maximum atomic E-state index is 5.87. The summed E-state index contributed by atoms with van der Waals surface area (Å²) in [4.78, 5) is 4.06. The Morgan fingerprint density at radius 3 is 2.35 bits per heavy atom. The van der Waals surface area contributed by atoms with Gasteiger partial charge in [-0.1, -0.05) is 6.07 Å². The molecule has 0 fully saturated rings. The van der Waals surface area contributed by atoms with E-state index in [1.807, 2.05) is 31.2 Å². The largest absolute Gasteiger partial charge is 0.497 e. The molecule has 4 nitrogen and oxygen atoms in total. The lowest BCUT2D eigenvalue weighted by Gasteiger charge is -2.10. The van der Waals surface area contributed by atoms with Crippen LogP contribution >= 0.6 is 0 Å². The van der Waals surface area contributed by atoms with Crippen LogP contribution in [0.15, 0.2) is 30.3 Å². The highest BCUT2D eigenvalue weighted by Crippen LogP contribution is 2.30. The van der Waals surface area contributed by atoms with Crippen molar-refractivity contribution in [3.8, 4) is 16.9 Å². The highest BCUT2D eigenvalue weighted by molar-refractivity contribution is 5.77. The number of hydrogen-bond donors (Lipinski definition) is 2. The molecule has 0 unspecified atom stereocenters. The molecule has 1 aromatic heterocycles. The standard InChI is InChI=1S/C13H15N3O/c1-8-7-9(17-2)3-4-10(8)11-5-6-12(14)16-13(11)15/h3-7H,1-2H3,(H4,14,15,16). The van der Waals surface area contributed by atoms with Crippen LogP contribution in [0.25, 0.3) is 11.1 Å². The minimum absolute atomic E-state index is 0.428. The van der Waals surface area contributed by atoms with Gasteiger partial charge in [-0.25, -0.2) is 4.98 Å². The molecule has 4 heteroatoms. The van der Waals surface area contributed by atoms with Crippen LogP contribution in [-0.4, -0.2) is 12.1 Å². The van der Waals surface area contributed by atoms with Gasteiger partial charge in [-0.2, -0.15) is 0 Å². The van der Waals surface area contributed by atoms with Crippen LogP contribution in [0.3, 0.4) is 0 Å². The summed E-state index contributed by atoms with van der Waals surface area (Å²) >= 11 is 0. The number of nitrogen functional groups attached to an aromatic ring is 2. The fraction of sp³-hybridized carbons (Fsp3) is 0.154. The average molecular weight is 229 g/mol. The topological polar surface area (TPSA) is 74.2 Å². The molecule has 0 atom stereocenters. The molecule has 0 bridgehead atoms. The number of anilines is 2. The summed E-state index contributed by atoms with van der Waals surface area (Å²) in [5.41, 5.74) is 14.5. The van der Waals surface area contributed by atoms with Crippen LogP contribution in [0.1, 0.15) is 5.56 Å². The Balaban J connectivity index is 2.53. The number of nitrogens with zero attached hydrogens (tertiary/aromatic N) is 1. The third kappa shape index (κ3) is 2.15. The van der Waals surface area contributed by atoms with Crippen LogP contribution in [0.2, 0.25) is 0 Å². The Labute approximate surface area is 100 Å². The molecule has 0 aliphatic heterocycles. The van der Waals surface area contributed by atoms with E-state index in [2.05, 4.69) is 4.98 Å². The van der Waals surface area contributed by atoms with Gasteiger partial charge in [0, 0.05) is 5.56 Å². The maximum Gasteiger partial charge on any atom is 0.133 e. The van der Waals surface area contributed by atoms with E-state index in [0.717, 1.165) is 22.4 Å². The van der Waals surface area contributed by atoms with Gasteiger partial charge >= 0.3 is 0 Å². The van der Waals surface area contributed by atoms with Crippen molar-refractivity contribution in [1.29, 1.82) is 0 Å². The lowest BCUT2D eigenvalue weighted by Crippen LogP contribution is -1.99. The molecule has 1 heterocycles. The molecule has 0 radical (unpaired) electrons. The molecule has 0 aliphatic rings. The number of ether oxygens (including phenoxy) is 1. The van der Waals surface area contributed by atoms with Crippen LogP contribution in [0, 0.1) is 6.92 Å². The first kappa shape index (κ1) is 11.3. The predicted octanol–water partition coefficient (Wildman–Crippen LogP) is 2.23. The molecule has 17 heavy (non-hydrogen) atoms. The summed E-state index contributed by atoms with van der Waals surface area (Å²) in [6.07, 6.45) is 0. The van der Waals surface area contributed by atoms with Crippen molar-refractivity contribution in [2.45, 2.75) is 6.92 Å². The molecular weight excluding hydrogens is 214 g/mol. The minimum Gasteiger partial charge on any atom is -0.497 e. The van der Waals surface area contributed by atoms with Crippen molar-refractivity contribution in [2.75, 3.05) is 18.6 Å². The first-order chi connectivity index (χ1) is 8.11. The Hall–Kier alpha value is -2.23. The second-order valence-corrected chi connectivity index (χ2v) is 3.85. The van der Waals surface area contributed by atoms with Gasteiger partial charge in [-0.15, -0.1) is 0 Å². The molecule has 0 saturated carbocycles. The second kappa shape index (κ2) is 4.33. The van der Waals surface area contributed by atoms with Gasteiger partial charge in [0.25, 0.3) is 0 Å². The number of rotatable bonds is 2.